The highest BCUT2D eigenvalue weighted by atomic mass is 35.5. The van der Waals surface area contributed by atoms with Crippen LogP contribution in [-0.4, -0.2) is 17.0 Å². The van der Waals surface area contributed by atoms with Gasteiger partial charge in [-0.15, -0.1) is 11.3 Å². The molecule has 0 unspecified atom stereocenters. The second-order valence-electron chi connectivity index (χ2n) is 3.58. The summed E-state index contributed by atoms with van der Waals surface area (Å²) in [6.45, 7) is 0. The number of halogens is 2. The summed E-state index contributed by atoms with van der Waals surface area (Å²) in [6, 6.07) is 5.94. The van der Waals surface area contributed by atoms with E-state index in [0.717, 1.165) is 11.3 Å². The van der Waals surface area contributed by atoms with Crippen molar-refractivity contribution in [3.8, 4) is 0 Å². The number of anilines is 1. The summed E-state index contributed by atoms with van der Waals surface area (Å²) in [5.41, 5.74) is 0.513. The number of rotatable bonds is 3. The van der Waals surface area contributed by atoms with E-state index in [1.165, 1.54) is 24.3 Å². The van der Waals surface area contributed by atoms with Crippen LogP contribution in [0.15, 0.2) is 29.6 Å². The zero-order valence-electron chi connectivity index (χ0n) is 9.31. The molecule has 1 amide bonds. The first-order valence-corrected chi connectivity index (χ1v) is 6.69. The Balaban J connectivity index is 2.25. The summed E-state index contributed by atoms with van der Waals surface area (Å²) in [7, 11) is 0. The van der Waals surface area contributed by atoms with Crippen molar-refractivity contribution < 1.29 is 14.7 Å². The molecule has 0 bridgehead atoms. The summed E-state index contributed by atoms with van der Waals surface area (Å²) >= 11 is 12.6. The van der Waals surface area contributed by atoms with E-state index >= 15 is 0 Å². The number of carbonyl (C=O) groups excluding carboxylic acids is 1. The van der Waals surface area contributed by atoms with E-state index in [1.807, 2.05) is 0 Å². The largest absolute Gasteiger partial charge is 0.477 e. The number of carboxylic acid groups (broad SMARTS) is 1. The lowest BCUT2D eigenvalue weighted by Gasteiger charge is -2.05. The molecule has 0 radical (unpaired) electrons. The van der Waals surface area contributed by atoms with Gasteiger partial charge in [-0.05, 0) is 29.6 Å². The molecular formula is C12H7Cl2NO3S. The van der Waals surface area contributed by atoms with E-state index in [1.54, 1.807) is 5.38 Å². The lowest BCUT2D eigenvalue weighted by atomic mass is 10.2. The molecule has 98 valence electrons. The lowest BCUT2D eigenvalue weighted by Crippen LogP contribution is -2.13. The molecule has 0 saturated carbocycles. The van der Waals surface area contributed by atoms with Crippen LogP contribution in [0.5, 0.6) is 0 Å². The van der Waals surface area contributed by atoms with E-state index in [2.05, 4.69) is 5.32 Å². The van der Waals surface area contributed by atoms with Crippen molar-refractivity contribution in [2.75, 3.05) is 5.32 Å². The molecule has 19 heavy (non-hydrogen) atoms. The number of carboxylic acids is 1. The van der Waals surface area contributed by atoms with Crippen LogP contribution in [0.3, 0.4) is 0 Å². The quantitative estimate of drug-likeness (QED) is 0.899. The number of aromatic carboxylic acids is 1. The molecule has 0 aliphatic rings. The summed E-state index contributed by atoms with van der Waals surface area (Å²) in [5.74, 6) is -1.56. The predicted octanol–water partition coefficient (Wildman–Crippen LogP) is 4.01. The minimum absolute atomic E-state index is 0.0708. The molecule has 4 nitrogen and oxygen atoms in total. The van der Waals surface area contributed by atoms with Crippen molar-refractivity contribution in [3.63, 3.8) is 0 Å². The van der Waals surface area contributed by atoms with E-state index in [0.29, 0.717) is 10.0 Å². The van der Waals surface area contributed by atoms with E-state index < -0.39 is 11.9 Å². The molecule has 2 N–H and O–H groups in total. The van der Waals surface area contributed by atoms with Crippen LogP contribution >= 0.6 is 34.5 Å². The molecule has 0 atom stereocenters. The van der Waals surface area contributed by atoms with Crippen LogP contribution in [0.25, 0.3) is 0 Å². The Morgan fingerprint density at radius 3 is 2.37 bits per heavy atom. The first-order valence-electron chi connectivity index (χ1n) is 5.05. The van der Waals surface area contributed by atoms with Gasteiger partial charge in [-0.25, -0.2) is 4.79 Å². The minimum atomic E-state index is -1.09. The Morgan fingerprint density at radius 1 is 1.16 bits per heavy atom. The molecule has 7 heteroatoms. The van der Waals surface area contributed by atoms with E-state index in [-0.39, 0.29) is 16.1 Å². The smallest absolute Gasteiger partial charge is 0.348 e. The molecule has 1 aromatic heterocycles. The molecule has 0 aliphatic heterocycles. The normalized spacial score (nSPS) is 10.2. The van der Waals surface area contributed by atoms with Crippen LogP contribution in [0.4, 0.5) is 5.69 Å². The van der Waals surface area contributed by atoms with Crippen molar-refractivity contribution >= 4 is 52.1 Å². The maximum Gasteiger partial charge on any atom is 0.348 e. The molecule has 0 aliphatic carbocycles. The fourth-order valence-electron chi connectivity index (χ4n) is 1.45. The average Bonchev–Trinajstić information content (AvgIpc) is 2.75. The van der Waals surface area contributed by atoms with Gasteiger partial charge in [0.25, 0.3) is 5.91 Å². The second kappa shape index (κ2) is 5.61. The SMILES string of the molecule is O=C(Nc1ccsc1C(=O)O)c1cc(Cl)cc(Cl)c1. The van der Waals surface area contributed by atoms with Crippen LogP contribution < -0.4 is 5.32 Å². The Morgan fingerprint density at radius 2 is 1.79 bits per heavy atom. The third kappa shape index (κ3) is 3.26. The molecule has 0 saturated heterocycles. The maximum atomic E-state index is 12.0. The summed E-state index contributed by atoms with van der Waals surface area (Å²) in [5, 5.41) is 13.7. The zero-order chi connectivity index (χ0) is 14.0. The van der Waals surface area contributed by atoms with Gasteiger partial charge in [0.1, 0.15) is 4.88 Å². The Bertz CT molecular complexity index is 634. The molecular weight excluding hydrogens is 309 g/mol. The lowest BCUT2D eigenvalue weighted by molar-refractivity contribution is 0.0703. The zero-order valence-corrected chi connectivity index (χ0v) is 11.6. The van der Waals surface area contributed by atoms with Crippen LogP contribution in [-0.2, 0) is 0 Å². The average molecular weight is 316 g/mol. The highest BCUT2D eigenvalue weighted by Gasteiger charge is 2.15. The second-order valence-corrected chi connectivity index (χ2v) is 5.37. The van der Waals surface area contributed by atoms with E-state index in [4.69, 9.17) is 28.3 Å². The molecule has 2 rings (SSSR count). The highest BCUT2D eigenvalue weighted by Crippen LogP contribution is 2.24. The molecule has 0 fully saturated rings. The number of hydrogen-bond acceptors (Lipinski definition) is 3. The van der Waals surface area contributed by atoms with Crippen LogP contribution in [0.1, 0.15) is 20.0 Å². The van der Waals surface area contributed by atoms with Gasteiger partial charge in [0.15, 0.2) is 0 Å². The molecule has 1 heterocycles. The Labute approximate surface area is 122 Å². The van der Waals surface area contributed by atoms with Crippen molar-refractivity contribution in [3.05, 3.63) is 50.1 Å². The summed E-state index contributed by atoms with van der Waals surface area (Å²) < 4.78 is 0. The third-order valence-electron chi connectivity index (χ3n) is 2.23. The van der Waals surface area contributed by atoms with Gasteiger partial charge < -0.3 is 10.4 Å². The predicted molar refractivity (Wildman–Crippen MR) is 75.7 cm³/mol. The molecule has 1 aromatic carbocycles. The summed E-state index contributed by atoms with van der Waals surface area (Å²) in [4.78, 5) is 23.0. The Kier molecular flexibility index (Phi) is 4.09. The van der Waals surface area contributed by atoms with Crippen molar-refractivity contribution in [1.29, 1.82) is 0 Å². The van der Waals surface area contributed by atoms with Gasteiger partial charge >= 0.3 is 5.97 Å². The molecule has 2 aromatic rings. The number of benzene rings is 1. The molecule has 0 spiro atoms. The number of nitrogens with one attached hydrogen (secondary N) is 1. The maximum absolute atomic E-state index is 12.0. The van der Waals surface area contributed by atoms with Crippen molar-refractivity contribution in [2.45, 2.75) is 0 Å². The van der Waals surface area contributed by atoms with Gasteiger partial charge in [-0.1, -0.05) is 23.2 Å². The number of hydrogen-bond donors (Lipinski definition) is 2. The number of carbonyl (C=O) groups is 2. The van der Waals surface area contributed by atoms with E-state index in [9.17, 15) is 9.59 Å². The monoisotopic (exact) mass is 315 g/mol. The van der Waals surface area contributed by atoms with Crippen LogP contribution in [0.2, 0.25) is 10.0 Å². The first-order chi connectivity index (χ1) is 8.97. The fraction of sp³-hybridized carbons (Fsp3) is 0. The van der Waals surface area contributed by atoms with Gasteiger partial charge in [0.05, 0.1) is 5.69 Å². The van der Waals surface area contributed by atoms with Crippen molar-refractivity contribution in [1.82, 2.24) is 0 Å². The highest BCUT2D eigenvalue weighted by molar-refractivity contribution is 7.12. The van der Waals surface area contributed by atoms with Crippen LogP contribution in [0, 0.1) is 0 Å². The minimum Gasteiger partial charge on any atom is -0.477 e. The topological polar surface area (TPSA) is 66.4 Å². The van der Waals surface area contributed by atoms with Gasteiger partial charge in [-0.2, -0.15) is 0 Å². The standard InChI is InChI=1S/C12H7Cl2NO3S/c13-7-3-6(4-8(14)5-7)11(16)15-9-1-2-19-10(9)12(17)18/h1-5H,(H,15,16)(H,17,18). The summed E-state index contributed by atoms with van der Waals surface area (Å²) in [6.07, 6.45) is 0. The van der Waals surface area contributed by atoms with Gasteiger partial charge in [0, 0.05) is 15.6 Å². The van der Waals surface area contributed by atoms with Gasteiger partial charge in [0.2, 0.25) is 0 Å². The third-order valence-corrected chi connectivity index (χ3v) is 3.57. The number of amides is 1. The Hall–Kier alpha value is -1.56. The van der Waals surface area contributed by atoms with Gasteiger partial charge in [-0.3, -0.25) is 4.79 Å². The first kappa shape index (κ1) is 13.9. The fourth-order valence-corrected chi connectivity index (χ4v) is 2.67. The number of thiophene rings is 1. The van der Waals surface area contributed by atoms with Crippen molar-refractivity contribution in [2.24, 2.45) is 0 Å².